The van der Waals surface area contributed by atoms with Gasteiger partial charge >= 0.3 is 0 Å². The molecule has 0 spiro atoms. The Morgan fingerprint density at radius 2 is 1.75 bits per heavy atom. The molecule has 2 aromatic heterocycles. The van der Waals surface area contributed by atoms with Crippen molar-refractivity contribution in [1.29, 1.82) is 0 Å². The standard InChI is InChI=1S/C16H21ClN4.C3H8O2.C2H6/c17-14-8-13(18-9-11-4-3-5-11)15-16(20-14)21(10-19-15)12-6-1-2-7-12;1-3(2,4)5;1-2/h8,10-12H,1-7,9H2,(H,18,20);4-5H,1-2H3;1-2H3. The summed E-state index contributed by atoms with van der Waals surface area (Å²) in [5, 5.41) is 20.2. The van der Waals surface area contributed by atoms with Gasteiger partial charge in [0.25, 0.3) is 0 Å². The van der Waals surface area contributed by atoms with Crippen LogP contribution in [0.2, 0.25) is 5.15 Å². The number of hydrogen-bond acceptors (Lipinski definition) is 5. The van der Waals surface area contributed by atoms with Crippen molar-refractivity contribution in [3.8, 4) is 0 Å². The van der Waals surface area contributed by atoms with E-state index >= 15 is 0 Å². The maximum Gasteiger partial charge on any atom is 0.163 e. The molecule has 4 rings (SSSR count). The predicted octanol–water partition coefficient (Wildman–Crippen LogP) is 5.15. The molecular weight excluding hydrogens is 376 g/mol. The highest BCUT2D eigenvalue weighted by Crippen LogP contribution is 2.34. The van der Waals surface area contributed by atoms with Crippen LogP contribution in [0, 0.1) is 5.92 Å². The molecule has 158 valence electrons. The van der Waals surface area contributed by atoms with Gasteiger partial charge in [-0.2, -0.15) is 0 Å². The summed E-state index contributed by atoms with van der Waals surface area (Å²) in [6.45, 7) is 7.62. The Bertz CT molecular complexity index is 726. The number of rotatable bonds is 4. The van der Waals surface area contributed by atoms with E-state index in [-0.39, 0.29) is 0 Å². The van der Waals surface area contributed by atoms with E-state index in [0.717, 1.165) is 29.3 Å². The van der Waals surface area contributed by atoms with E-state index in [0.29, 0.717) is 11.2 Å². The molecule has 0 bridgehead atoms. The first-order valence-electron chi connectivity index (χ1n) is 10.5. The SMILES string of the molecule is CC.CC(C)(O)O.Clc1cc(NCC2CCC2)c2ncn(C3CCCC3)c2n1. The molecule has 6 nitrogen and oxygen atoms in total. The fraction of sp³-hybridized carbons (Fsp3) is 0.714. The van der Waals surface area contributed by atoms with Crippen molar-refractivity contribution in [3.63, 3.8) is 0 Å². The molecule has 2 fully saturated rings. The van der Waals surface area contributed by atoms with E-state index in [1.807, 2.05) is 26.2 Å². The number of pyridine rings is 1. The number of halogens is 1. The summed E-state index contributed by atoms with van der Waals surface area (Å²) in [6.07, 6.45) is 11.1. The summed E-state index contributed by atoms with van der Waals surface area (Å²) >= 11 is 6.23. The molecule has 0 unspecified atom stereocenters. The third-order valence-corrected chi connectivity index (χ3v) is 5.22. The third-order valence-electron chi connectivity index (χ3n) is 5.02. The van der Waals surface area contributed by atoms with Crippen LogP contribution in [0.4, 0.5) is 5.69 Å². The smallest absolute Gasteiger partial charge is 0.163 e. The predicted molar refractivity (Wildman–Crippen MR) is 116 cm³/mol. The fourth-order valence-corrected chi connectivity index (χ4v) is 3.70. The van der Waals surface area contributed by atoms with Crippen LogP contribution in [-0.4, -0.2) is 37.1 Å². The Hall–Kier alpha value is -1.37. The maximum absolute atomic E-state index is 8.08. The van der Waals surface area contributed by atoms with E-state index in [1.54, 1.807) is 0 Å². The molecule has 0 radical (unpaired) electrons. The lowest BCUT2D eigenvalue weighted by Crippen LogP contribution is -2.21. The molecule has 2 saturated carbocycles. The van der Waals surface area contributed by atoms with Crippen molar-refractivity contribution in [2.75, 3.05) is 11.9 Å². The molecule has 2 aromatic rings. The number of aliphatic hydroxyl groups is 2. The summed E-state index contributed by atoms with van der Waals surface area (Å²) in [5.74, 6) is -0.691. The average Bonchev–Trinajstić information content (AvgIpc) is 3.22. The van der Waals surface area contributed by atoms with Crippen molar-refractivity contribution >= 4 is 28.5 Å². The van der Waals surface area contributed by atoms with Crippen molar-refractivity contribution < 1.29 is 10.2 Å². The molecule has 2 aliphatic rings. The van der Waals surface area contributed by atoms with Crippen LogP contribution < -0.4 is 5.32 Å². The van der Waals surface area contributed by atoms with Gasteiger partial charge in [-0.05, 0) is 45.4 Å². The molecule has 0 saturated heterocycles. The average molecular weight is 411 g/mol. The van der Waals surface area contributed by atoms with E-state index < -0.39 is 5.79 Å². The highest BCUT2D eigenvalue weighted by atomic mass is 35.5. The molecule has 2 aliphatic carbocycles. The van der Waals surface area contributed by atoms with Crippen molar-refractivity contribution in [3.05, 3.63) is 17.5 Å². The van der Waals surface area contributed by atoms with Gasteiger partial charge in [0.2, 0.25) is 0 Å². The van der Waals surface area contributed by atoms with Crippen LogP contribution in [0.15, 0.2) is 12.4 Å². The molecule has 3 N–H and O–H groups in total. The van der Waals surface area contributed by atoms with E-state index in [2.05, 4.69) is 19.9 Å². The second-order valence-corrected chi connectivity index (χ2v) is 8.31. The van der Waals surface area contributed by atoms with E-state index in [9.17, 15) is 0 Å². The van der Waals surface area contributed by atoms with Crippen LogP contribution in [0.3, 0.4) is 0 Å². The lowest BCUT2D eigenvalue weighted by molar-refractivity contribution is -0.127. The van der Waals surface area contributed by atoms with Gasteiger partial charge in [0, 0.05) is 18.7 Å². The number of aromatic nitrogens is 3. The summed E-state index contributed by atoms with van der Waals surface area (Å²) in [5.41, 5.74) is 2.93. The Morgan fingerprint density at radius 3 is 2.29 bits per heavy atom. The monoisotopic (exact) mass is 410 g/mol. The van der Waals surface area contributed by atoms with Crippen LogP contribution in [0.1, 0.15) is 78.7 Å². The largest absolute Gasteiger partial charge is 0.383 e. The second kappa shape index (κ2) is 10.4. The van der Waals surface area contributed by atoms with Gasteiger partial charge < -0.3 is 20.1 Å². The molecule has 2 heterocycles. The molecule has 28 heavy (non-hydrogen) atoms. The van der Waals surface area contributed by atoms with Crippen molar-refractivity contribution in [1.82, 2.24) is 14.5 Å². The number of hydrogen-bond donors (Lipinski definition) is 3. The van der Waals surface area contributed by atoms with Crippen molar-refractivity contribution in [2.24, 2.45) is 5.92 Å². The van der Waals surface area contributed by atoms with Crippen LogP contribution >= 0.6 is 11.6 Å². The highest BCUT2D eigenvalue weighted by Gasteiger charge is 2.22. The number of anilines is 1. The number of fused-ring (bicyclic) bond motifs is 1. The molecule has 7 heteroatoms. The first-order chi connectivity index (χ1) is 13.3. The van der Waals surface area contributed by atoms with Crippen LogP contribution in [0.25, 0.3) is 11.2 Å². The van der Waals surface area contributed by atoms with Gasteiger partial charge in [0.05, 0.1) is 12.0 Å². The fourth-order valence-electron chi connectivity index (χ4n) is 3.51. The molecule has 0 atom stereocenters. The third kappa shape index (κ3) is 6.61. The Balaban J connectivity index is 0.000000352. The lowest BCUT2D eigenvalue weighted by Gasteiger charge is -2.25. The maximum atomic E-state index is 8.08. The summed E-state index contributed by atoms with van der Waals surface area (Å²) < 4.78 is 2.22. The summed E-state index contributed by atoms with van der Waals surface area (Å²) in [6, 6.07) is 2.45. The minimum atomic E-state index is -1.50. The zero-order chi connectivity index (χ0) is 20.7. The number of nitrogens with zero attached hydrogens (tertiary/aromatic N) is 3. The normalized spacial score (nSPS) is 17.4. The lowest BCUT2D eigenvalue weighted by atomic mass is 9.85. The van der Waals surface area contributed by atoms with Gasteiger partial charge in [-0.1, -0.05) is 44.7 Å². The quantitative estimate of drug-likeness (QED) is 0.479. The molecule has 0 aromatic carbocycles. The van der Waals surface area contributed by atoms with Gasteiger partial charge in [-0.15, -0.1) is 0 Å². The zero-order valence-corrected chi connectivity index (χ0v) is 18.3. The molecular formula is C21H35ClN4O2. The Morgan fingerprint density at radius 1 is 1.14 bits per heavy atom. The van der Waals surface area contributed by atoms with E-state index in [4.69, 9.17) is 21.8 Å². The minimum Gasteiger partial charge on any atom is -0.383 e. The topological polar surface area (TPSA) is 83.2 Å². The zero-order valence-electron chi connectivity index (χ0n) is 17.6. The number of imidazole rings is 1. The van der Waals surface area contributed by atoms with Crippen molar-refractivity contribution in [2.45, 2.75) is 84.5 Å². The highest BCUT2D eigenvalue weighted by molar-refractivity contribution is 6.30. The Labute approximate surface area is 173 Å². The van der Waals surface area contributed by atoms with Crippen LogP contribution in [0.5, 0.6) is 0 Å². The van der Waals surface area contributed by atoms with Gasteiger partial charge in [-0.25, -0.2) is 9.97 Å². The molecule has 0 aliphatic heterocycles. The second-order valence-electron chi connectivity index (χ2n) is 7.93. The van der Waals surface area contributed by atoms with Gasteiger partial charge in [0.15, 0.2) is 11.4 Å². The van der Waals surface area contributed by atoms with Gasteiger partial charge in [0.1, 0.15) is 10.7 Å². The first-order valence-corrected chi connectivity index (χ1v) is 10.9. The van der Waals surface area contributed by atoms with E-state index in [1.165, 1.54) is 58.8 Å². The summed E-state index contributed by atoms with van der Waals surface area (Å²) in [4.78, 5) is 9.13. The first kappa shape index (κ1) is 22.9. The minimum absolute atomic E-state index is 0.542. The number of nitrogens with one attached hydrogen (secondary N) is 1. The Kier molecular flexibility index (Phi) is 8.53. The summed E-state index contributed by atoms with van der Waals surface area (Å²) in [7, 11) is 0. The molecule has 0 amide bonds. The van der Waals surface area contributed by atoms with Crippen LogP contribution in [-0.2, 0) is 0 Å². The van der Waals surface area contributed by atoms with Gasteiger partial charge in [-0.3, -0.25) is 0 Å².